The summed E-state index contributed by atoms with van der Waals surface area (Å²) in [7, 11) is 1.61. The number of carboxylic acid groups (broad SMARTS) is 1. The number of benzene rings is 1. The summed E-state index contributed by atoms with van der Waals surface area (Å²) in [5.41, 5.74) is 1.37. The van der Waals surface area contributed by atoms with E-state index in [2.05, 4.69) is 26.8 Å². The molecule has 1 aromatic carbocycles. The van der Waals surface area contributed by atoms with Crippen LogP contribution in [0.1, 0.15) is 45.7 Å². The molecule has 0 aliphatic rings. The van der Waals surface area contributed by atoms with E-state index in [0.717, 1.165) is 11.3 Å². The fourth-order valence-corrected chi connectivity index (χ4v) is 1.93. The van der Waals surface area contributed by atoms with Gasteiger partial charge in [0.25, 0.3) is 0 Å². The van der Waals surface area contributed by atoms with Crippen molar-refractivity contribution in [3.8, 4) is 5.75 Å². The molecule has 1 rings (SSSR count). The average Bonchev–Trinajstić information content (AvgIpc) is 2.27. The van der Waals surface area contributed by atoms with Gasteiger partial charge in [0, 0.05) is 0 Å². The quantitative estimate of drug-likeness (QED) is 0.903. The maximum atomic E-state index is 11.3. The zero-order valence-electron chi connectivity index (χ0n) is 12.7. The number of hydrogen-bond donors (Lipinski definition) is 1. The number of carbonyl (C=O) groups is 1. The summed E-state index contributed by atoms with van der Waals surface area (Å²) in [6, 6.07) is 6.02. The first-order valence-electron chi connectivity index (χ1n) is 6.49. The number of ether oxygens (including phenoxy) is 1. The largest absolute Gasteiger partial charge is 0.496 e. The van der Waals surface area contributed by atoms with Crippen LogP contribution in [0, 0.1) is 5.41 Å². The van der Waals surface area contributed by atoms with Crippen molar-refractivity contribution in [3.05, 3.63) is 29.3 Å². The number of rotatable bonds is 4. The third-order valence-electron chi connectivity index (χ3n) is 3.36. The van der Waals surface area contributed by atoms with E-state index in [1.165, 1.54) is 5.56 Å². The van der Waals surface area contributed by atoms with Crippen LogP contribution in [-0.4, -0.2) is 18.2 Å². The number of carboxylic acids is 1. The molecule has 19 heavy (non-hydrogen) atoms. The molecule has 0 atom stereocenters. The van der Waals surface area contributed by atoms with Gasteiger partial charge in [0.2, 0.25) is 0 Å². The van der Waals surface area contributed by atoms with E-state index in [0.29, 0.717) is 6.42 Å². The molecule has 0 aliphatic carbocycles. The Morgan fingerprint density at radius 3 is 2.21 bits per heavy atom. The first-order valence-corrected chi connectivity index (χ1v) is 6.49. The standard InChI is InChI=1S/C16H24O3/c1-15(2,3)12-7-8-13(19-6)11(9-12)10-16(4,5)14(17)18/h7-9H,10H2,1-6H3,(H,17,18). The maximum Gasteiger partial charge on any atom is 0.309 e. The van der Waals surface area contributed by atoms with Gasteiger partial charge in [-0.1, -0.05) is 32.9 Å². The third-order valence-corrected chi connectivity index (χ3v) is 3.36. The molecule has 0 bridgehead atoms. The lowest BCUT2D eigenvalue weighted by Gasteiger charge is -2.24. The smallest absolute Gasteiger partial charge is 0.309 e. The molecule has 0 fully saturated rings. The van der Waals surface area contributed by atoms with Crippen LogP contribution in [-0.2, 0) is 16.6 Å². The molecule has 0 amide bonds. The van der Waals surface area contributed by atoms with Gasteiger partial charge >= 0.3 is 5.97 Å². The lowest BCUT2D eigenvalue weighted by molar-refractivity contribution is -0.146. The second kappa shape index (κ2) is 5.24. The Balaban J connectivity index is 3.21. The van der Waals surface area contributed by atoms with Gasteiger partial charge in [-0.25, -0.2) is 0 Å². The van der Waals surface area contributed by atoms with Crippen LogP contribution in [0.3, 0.4) is 0 Å². The second-order valence-electron chi connectivity index (χ2n) is 6.64. The van der Waals surface area contributed by atoms with E-state index >= 15 is 0 Å². The summed E-state index contributed by atoms with van der Waals surface area (Å²) in [6.07, 6.45) is 0.454. The first kappa shape index (κ1) is 15.5. The molecule has 0 radical (unpaired) electrons. The Kier molecular flexibility index (Phi) is 4.28. The molecule has 3 nitrogen and oxygen atoms in total. The van der Waals surface area contributed by atoms with Gasteiger partial charge in [0.15, 0.2) is 0 Å². The monoisotopic (exact) mass is 264 g/mol. The normalized spacial score (nSPS) is 12.3. The summed E-state index contributed by atoms with van der Waals surface area (Å²) in [5, 5.41) is 9.25. The maximum absolute atomic E-state index is 11.3. The van der Waals surface area contributed by atoms with Crippen molar-refractivity contribution in [2.24, 2.45) is 5.41 Å². The van der Waals surface area contributed by atoms with Gasteiger partial charge in [-0.3, -0.25) is 4.79 Å². The predicted octanol–water partition coefficient (Wildman–Crippen LogP) is 3.65. The van der Waals surface area contributed by atoms with E-state index in [1.807, 2.05) is 12.1 Å². The van der Waals surface area contributed by atoms with Crippen LogP contribution in [0.4, 0.5) is 0 Å². The van der Waals surface area contributed by atoms with E-state index < -0.39 is 11.4 Å². The molecular formula is C16H24O3. The molecule has 0 saturated heterocycles. The van der Waals surface area contributed by atoms with Gasteiger partial charge in [0.05, 0.1) is 12.5 Å². The van der Waals surface area contributed by atoms with Gasteiger partial charge in [-0.2, -0.15) is 0 Å². The highest BCUT2D eigenvalue weighted by molar-refractivity contribution is 5.74. The van der Waals surface area contributed by atoms with Crippen molar-refractivity contribution >= 4 is 5.97 Å². The molecular weight excluding hydrogens is 240 g/mol. The highest BCUT2D eigenvalue weighted by atomic mass is 16.5. The average molecular weight is 264 g/mol. The number of hydrogen-bond acceptors (Lipinski definition) is 2. The molecule has 0 spiro atoms. The van der Waals surface area contributed by atoms with Crippen molar-refractivity contribution < 1.29 is 14.6 Å². The fourth-order valence-electron chi connectivity index (χ4n) is 1.93. The Bertz CT molecular complexity index is 467. The molecule has 3 heteroatoms. The lowest BCUT2D eigenvalue weighted by Crippen LogP contribution is -2.26. The van der Waals surface area contributed by atoms with E-state index in [1.54, 1.807) is 21.0 Å². The van der Waals surface area contributed by atoms with Gasteiger partial charge in [-0.05, 0) is 42.9 Å². The van der Waals surface area contributed by atoms with Crippen LogP contribution in [0.5, 0.6) is 5.75 Å². The molecule has 0 heterocycles. The molecule has 1 N–H and O–H groups in total. The molecule has 1 aromatic rings. The van der Waals surface area contributed by atoms with Crippen LogP contribution < -0.4 is 4.74 Å². The third kappa shape index (κ3) is 3.72. The van der Waals surface area contributed by atoms with Crippen LogP contribution in [0.25, 0.3) is 0 Å². The van der Waals surface area contributed by atoms with Gasteiger partial charge in [0.1, 0.15) is 5.75 Å². The van der Waals surface area contributed by atoms with Crippen molar-refractivity contribution in [2.45, 2.75) is 46.5 Å². The minimum absolute atomic E-state index is 0.0361. The highest BCUT2D eigenvalue weighted by Crippen LogP contribution is 2.32. The zero-order valence-corrected chi connectivity index (χ0v) is 12.7. The van der Waals surface area contributed by atoms with Crippen molar-refractivity contribution in [3.63, 3.8) is 0 Å². The molecule has 0 aromatic heterocycles. The van der Waals surface area contributed by atoms with E-state index in [9.17, 15) is 9.90 Å². The summed E-state index contributed by atoms with van der Waals surface area (Å²) in [5.74, 6) is -0.0435. The van der Waals surface area contributed by atoms with Crippen molar-refractivity contribution in [2.75, 3.05) is 7.11 Å². The van der Waals surface area contributed by atoms with E-state index in [-0.39, 0.29) is 5.41 Å². The van der Waals surface area contributed by atoms with Crippen LogP contribution in [0.15, 0.2) is 18.2 Å². The van der Waals surface area contributed by atoms with Crippen molar-refractivity contribution in [1.29, 1.82) is 0 Å². The highest BCUT2D eigenvalue weighted by Gasteiger charge is 2.29. The zero-order chi connectivity index (χ0) is 14.8. The molecule has 0 aliphatic heterocycles. The molecule has 0 saturated carbocycles. The topological polar surface area (TPSA) is 46.5 Å². The Labute approximate surface area is 115 Å². The van der Waals surface area contributed by atoms with Crippen LogP contribution in [0.2, 0.25) is 0 Å². The summed E-state index contributed by atoms with van der Waals surface area (Å²) in [4.78, 5) is 11.3. The summed E-state index contributed by atoms with van der Waals surface area (Å²) >= 11 is 0. The second-order valence-corrected chi connectivity index (χ2v) is 6.64. The van der Waals surface area contributed by atoms with Crippen molar-refractivity contribution in [1.82, 2.24) is 0 Å². The SMILES string of the molecule is COc1ccc(C(C)(C)C)cc1CC(C)(C)C(=O)O. The predicted molar refractivity (Wildman–Crippen MR) is 76.8 cm³/mol. The Morgan fingerprint density at radius 2 is 1.79 bits per heavy atom. The Hall–Kier alpha value is -1.51. The van der Waals surface area contributed by atoms with Crippen LogP contribution >= 0.6 is 0 Å². The molecule has 106 valence electrons. The minimum atomic E-state index is -0.802. The Morgan fingerprint density at radius 1 is 1.21 bits per heavy atom. The fraction of sp³-hybridized carbons (Fsp3) is 0.562. The summed E-state index contributed by atoms with van der Waals surface area (Å²) in [6.45, 7) is 9.89. The minimum Gasteiger partial charge on any atom is -0.496 e. The van der Waals surface area contributed by atoms with Gasteiger partial charge < -0.3 is 9.84 Å². The number of aliphatic carboxylic acids is 1. The number of methoxy groups -OCH3 is 1. The van der Waals surface area contributed by atoms with E-state index in [4.69, 9.17) is 4.74 Å². The lowest BCUT2D eigenvalue weighted by atomic mass is 9.81. The molecule has 0 unspecified atom stereocenters. The summed E-state index contributed by atoms with van der Waals surface area (Å²) < 4.78 is 5.35. The van der Waals surface area contributed by atoms with Gasteiger partial charge in [-0.15, -0.1) is 0 Å². The first-order chi connectivity index (χ1) is 8.58.